The van der Waals surface area contributed by atoms with Gasteiger partial charge in [-0.15, -0.1) is 4.36 Å². The second-order valence-electron chi connectivity index (χ2n) is 3.34. The molecule has 1 heterocycles. The molecule has 0 aliphatic rings. The van der Waals surface area contributed by atoms with Gasteiger partial charge in [-0.3, -0.25) is 4.98 Å². The van der Waals surface area contributed by atoms with E-state index in [2.05, 4.69) is 9.35 Å². The molecule has 1 rings (SSSR count). The van der Waals surface area contributed by atoms with Crippen molar-refractivity contribution in [2.75, 3.05) is 6.26 Å². The van der Waals surface area contributed by atoms with E-state index in [0.717, 1.165) is 12.3 Å². The average molecular weight is 280 g/mol. The molecule has 0 N–H and O–H groups in total. The number of halogens is 3. The van der Waals surface area contributed by atoms with E-state index in [1.165, 1.54) is 18.5 Å². The summed E-state index contributed by atoms with van der Waals surface area (Å²) < 4.78 is 40.2. The van der Waals surface area contributed by atoms with Crippen LogP contribution in [-0.4, -0.2) is 15.4 Å². The highest BCUT2D eigenvalue weighted by molar-refractivity contribution is 7.92. The first kappa shape index (κ1) is 13.8. The minimum Gasteiger partial charge on any atom is -0.253 e. The van der Waals surface area contributed by atoms with Gasteiger partial charge in [-0.25, -0.2) is 4.21 Å². The monoisotopic (exact) mass is 279 g/mol. The molecule has 0 aliphatic carbocycles. The van der Waals surface area contributed by atoms with Crippen molar-refractivity contribution in [3.63, 3.8) is 0 Å². The van der Waals surface area contributed by atoms with Gasteiger partial charge in [-0.2, -0.15) is 14.0 Å². The molecule has 0 saturated heterocycles. The first-order valence-corrected chi connectivity index (χ1v) is 6.82. The summed E-state index contributed by atoms with van der Waals surface area (Å²) >= 11 is 4.78. The van der Waals surface area contributed by atoms with Crippen molar-refractivity contribution in [2.24, 2.45) is 4.36 Å². The molecule has 1 aromatic heterocycles. The largest absolute Gasteiger partial charge is 0.364 e. The quantitative estimate of drug-likeness (QED) is 0.630. The molecule has 0 fully saturated rings. The Morgan fingerprint density at radius 2 is 2.29 bits per heavy atom. The summed E-state index contributed by atoms with van der Waals surface area (Å²) in [6, 6.07) is 2.37. The number of rotatable bonds is 3. The van der Waals surface area contributed by atoms with Crippen molar-refractivity contribution in [3.8, 4) is 6.19 Å². The molecule has 0 saturated carbocycles. The number of aromatic nitrogens is 1. The van der Waals surface area contributed by atoms with Crippen LogP contribution in [0.25, 0.3) is 0 Å². The zero-order valence-electron chi connectivity index (χ0n) is 8.73. The minimum atomic E-state index is -3.52. The summed E-state index contributed by atoms with van der Waals surface area (Å²) in [5.41, 5.74) is -0.135. The van der Waals surface area contributed by atoms with Gasteiger partial charge in [0, 0.05) is 12.5 Å². The summed E-state index contributed by atoms with van der Waals surface area (Å²) in [5, 5.41) is 4.78. The highest BCUT2D eigenvalue weighted by atomic mass is 35.5. The van der Waals surface area contributed by atoms with Gasteiger partial charge < -0.3 is 0 Å². The highest BCUT2D eigenvalue weighted by Crippen LogP contribution is 2.30. The number of nitrogens with zero attached hydrogens (tertiary/aromatic N) is 3. The lowest BCUT2D eigenvalue weighted by molar-refractivity contribution is 0.0900. The van der Waals surface area contributed by atoms with Crippen LogP contribution in [0.3, 0.4) is 0 Å². The van der Waals surface area contributed by atoms with Gasteiger partial charge in [-0.1, -0.05) is 6.07 Å². The fourth-order valence-electron chi connectivity index (χ4n) is 1.11. The van der Waals surface area contributed by atoms with Gasteiger partial charge in [0.2, 0.25) is 6.19 Å². The molecule has 0 aliphatic heterocycles. The highest BCUT2D eigenvalue weighted by Gasteiger charge is 2.29. The Labute approximate surface area is 102 Å². The van der Waals surface area contributed by atoms with Crippen molar-refractivity contribution in [3.05, 3.63) is 29.6 Å². The molecular formula is C9H8ClF2N3OS. The lowest BCUT2D eigenvalue weighted by Crippen LogP contribution is -2.07. The van der Waals surface area contributed by atoms with Crippen molar-refractivity contribution in [2.45, 2.75) is 11.1 Å². The van der Waals surface area contributed by atoms with Gasteiger partial charge in [0.1, 0.15) is 5.69 Å². The molecule has 0 bridgehead atoms. The van der Waals surface area contributed by atoms with Crippen LogP contribution >= 0.6 is 11.6 Å². The topological polar surface area (TPSA) is 66.1 Å². The van der Waals surface area contributed by atoms with E-state index in [9.17, 15) is 13.0 Å². The molecule has 1 aromatic rings. The smallest absolute Gasteiger partial charge is 0.253 e. The maximum Gasteiger partial charge on any atom is 0.364 e. The number of nitriles is 1. The molecule has 4 nitrogen and oxygen atoms in total. The Morgan fingerprint density at radius 3 is 2.71 bits per heavy atom. The second-order valence-corrected chi connectivity index (χ2v) is 6.21. The lowest BCUT2D eigenvalue weighted by Gasteiger charge is -2.07. The van der Waals surface area contributed by atoms with Crippen LogP contribution in [0.15, 0.2) is 22.7 Å². The van der Waals surface area contributed by atoms with Crippen LogP contribution < -0.4 is 0 Å². The fraction of sp³-hybridized carbons (Fsp3) is 0.333. The van der Waals surface area contributed by atoms with Gasteiger partial charge in [0.25, 0.3) is 0 Å². The van der Waals surface area contributed by atoms with Gasteiger partial charge in [-0.05, 0) is 23.2 Å². The first-order chi connectivity index (χ1) is 7.74. The van der Waals surface area contributed by atoms with Crippen LogP contribution in [-0.2, 0) is 20.9 Å². The van der Waals surface area contributed by atoms with Crippen LogP contribution in [0.1, 0.15) is 11.3 Å². The molecule has 8 heteroatoms. The summed E-state index contributed by atoms with van der Waals surface area (Å²) in [6.07, 6.45) is 3.90. The third kappa shape index (κ3) is 4.24. The normalized spacial score (nSPS) is 14.8. The van der Waals surface area contributed by atoms with E-state index in [4.69, 9.17) is 16.9 Å². The average Bonchev–Trinajstić information content (AvgIpc) is 2.16. The van der Waals surface area contributed by atoms with Crippen LogP contribution in [0.5, 0.6) is 0 Å². The van der Waals surface area contributed by atoms with Crippen LogP contribution in [0, 0.1) is 11.5 Å². The summed E-state index contributed by atoms with van der Waals surface area (Å²) in [6.45, 7) is 0. The predicted octanol–water partition coefficient (Wildman–Crippen LogP) is 2.45. The van der Waals surface area contributed by atoms with E-state index < -0.39 is 20.8 Å². The van der Waals surface area contributed by atoms with Crippen molar-refractivity contribution in [1.29, 1.82) is 5.26 Å². The second kappa shape index (κ2) is 4.94. The molecule has 17 heavy (non-hydrogen) atoms. The third-order valence-electron chi connectivity index (χ3n) is 1.78. The Morgan fingerprint density at radius 1 is 1.65 bits per heavy atom. The molecule has 0 aromatic carbocycles. The van der Waals surface area contributed by atoms with Crippen LogP contribution in [0.2, 0.25) is 0 Å². The Bertz CT molecular complexity index is 553. The molecule has 92 valence electrons. The van der Waals surface area contributed by atoms with Crippen molar-refractivity contribution < 1.29 is 13.0 Å². The number of alkyl halides is 3. The molecule has 1 atom stereocenters. The lowest BCUT2D eigenvalue weighted by atomic mass is 10.3. The molecule has 1 unspecified atom stereocenters. The Balaban J connectivity index is 2.95. The Hall–Kier alpha value is -1.26. The molecular weight excluding hydrogens is 272 g/mol. The molecule has 0 radical (unpaired) electrons. The van der Waals surface area contributed by atoms with Crippen molar-refractivity contribution in [1.82, 2.24) is 4.98 Å². The van der Waals surface area contributed by atoms with E-state index >= 15 is 0 Å². The fourth-order valence-corrected chi connectivity index (χ4v) is 2.24. The SMILES string of the molecule is CS(=O)(Cc1ccc(C(F)(F)Cl)nc1)=NC#N. The predicted molar refractivity (Wildman–Crippen MR) is 59.8 cm³/mol. The third-order valence-corrected chi connectivity index (χ3v) is 3.31. The van der Waals surface area contributed by atoms with Crippen LogP contribution in [0.4, 0.5) is 8.78 Å². The summed E-state index contributed by atoms with van der Waals surface area (Å²) in [4.78, 5) is 3.46. The molecule has 0 spiro atoms. The molecule has 0 amide bonds. The van der Waals surface area contributed by atoms with E-state index in [1.54, 1.807) is 0 Å². The zero-order valence-corrected chi connectivity index (χ0v) is 10.3. The van der Waals surface area contributed by atoms with E-state index in [0.29, 0.717) is 5.56 Å². The number of hydrogen-bond donors (Lipinski definition) is 0. The van der Waals surface area contributed by atoms with E-state index in [-0.39, 0.29) is 5.75 Å². The maximum atomic E-state index is 12.6. The number of pyridine rings is 1. The zero-order chi connectivity index (χ0) is 13.1. The standard InChI is InChI=1S/C9H8ClF2N3OS/c1-17(16,15-6-13)5-7-2-3-8(14-4-7)9(10,11)12/h2-4H,5H2,1H3. The first-order valence-electron chi connectivity index (χ1n) is 4.35. The van der Waals surface area contributed by atoms with Crippen molar-refractivity contribution >= 4 is 21.3 Å². The maximum absolute atomic E-state index is 12.6. The van der Waals surface area contributed by atoms with Gasteiger partial charge >= 0.3 is 5.38 Å². The Kier molecular flexibility index (Phi) is 4.01. The van der Waals surface area contributed by atoms with Gasteiger partial charge in [0.15, 0.2) is 0 Å². The summed E-state index contributed by atoms with van der Waals surface area (Å²) in [7, 11) is -2.68. The van der Waals surface area contributed by atoms with Gasteiger partial charge in [0.05, 0.1) is 15.5 Å². The number of hydrogen-bond acceptors (Lipinski definition) is 4. The van der Waals surface area contributed by atoms with E-state index in [1.807, 2.05) is 0 Å². The summed E-state index contributed by atoms with van der Waals surface area (Å²) in [5.74, 6) is -0.0261. The minimum absolute atomic E-state index is 0.0261.